The number of aryl methyl sites for hydroxylation is 1. The largest absolute Gasteiger partial charge is 0.342 e. The van der Waals surface area contributed by atoms with E-state index in [9.17, 15) is 4.79 Å². The molecule has 0 bridgehead atoms. The highest BCUT2D eigenvalue weighted by molar-refractivity contribution is 9.10. The fourth-order valence-corrected chi connectivity index (χ4v) is 3.67. The quantitative estimate of drug-likeness (QED) is 0.920. The Hall–Kier alpha value is -0.870. The van der Waals surface area contributed by atoms with Crippen LogP contribution in [0.3, 0.4) is 0 Å². The molecule has 3 nitrogen and oxygen atoms in total. The standard InChI is InChI=1S/C16H21BrN2O/c17-13-5-6-14-12(10-13)4-7-15(14)18-11-16(20)19-8-2-1-3-9-19/h5-6,10,15,18H,1-4,7-9,11H2. The van der Waals surface area contributed by atoms with Gasteiger partial charge >= 0.3 is 0 Å². The van der Waals surface area contributed by atoms with Crippen LogP contribution < -0.4 is 5.32 Å². The van der Waals surface area contributed by atoms with Crippen molar-refractivity contribution in [1.82, 2.24) is 10.2 Å². The van der Waals surface area contributed by atoms with Gasteiger partial charge in [-0.3, -0.25) is 4.79 Å². The first-order valence-corrected chi connectivity index (χ1v) is 8.33. The zero-order chi connectivity index (χ0) is 13.9. The lowest BCUT2D eigenvalue weighted by Gasteiger charge is -2.27. The summed E-state index contributed by atoms with van der Waals surface area (Å²) in [6.07, 6.45) is 5.78. The normalized spacial score (nSPS) is 21.9. The number of hydrogen-bond acceptors (Lipinski definition) is 2. The number of halogens is 1. The Morgan fingerprint density at radius 3 is 2.90 bits per heavy atom. The van der Waals surface area contributed by atoms with Crippen LogP contribution in [0.25, 0.3) is 0 Å². The van der Waals surface area contributed by atoms with E-state index >= 15 is 0 Å². The number of likely N-dealkylation sites (tertiary alicyclic amines) is 1. The Bertz CT molecular complexity index is 497. The summed E-state index contributed by atoms with van der Waals surface area (Å²) in [6, 6.07) is 6.80. The molecule has 1 aliphatic carbocycles. The van der Waals surface area contributed by atoms with E-state index in [-0.39, 0.29) is 5.91 Å². The zero-order valence-corrected chi connectivity index (χ0v) is 13.3. The monoisotopic (exact) mass is 336 g/mol. The van der Waals surface area contributed by atoms with Crippen molar-refractivity contribution < 1.29 is 4.79 Å². The second-order valence-electron chi connectivity index (χ2n) is 5.76. The van der Waals surface area contributed by atoms with Crippen LogP contribution in [0.1, 0.15) is 42.9 Å². The van der Waals surface area contributed by atoms with Gasteiger partial charge in [0.25, 0.3) is 0 Å². The molecule has 0 aromatic heterocycles. The lowest BCUT2D eigenvalue weighted by Crippen LogP contribution is -2.41. The van der Waals surface area contributed by atoms with Crippen molar-refractivity contribution in [2.45, 2.75) is 38.1 Å². The molecule has 1 aromatic carbocycles. The fraction of sp³-hybridized carbons (Fsp3) is 0.562. The van der Waals surface area contributed by atoms with Crippen LogP contribution in [-0.4, -0.2) is 30.4 Å². The van der Waals surface area contributed by atoms with E-state index in [1.165, 1.54) is 17.5 Å². The van der Waals surface area contributed by atoms with Gasteiger partial charge in [0.1, 0.15) is 0 Å². The molecular weight excluding hydrogens is 316 g/mol. The minimum absolute atomic E-state index is 0.260. The van der Waals surface area contributed by atoms with E-state index in [0.29, 0.717) is 12.6 Å². The van der Waals surface area contributed by atoms with Crippen molar-refractivity contribution >= 4 is 21.8 Å². The van der Waals surface area contributed by atoms with E-state index in [1.54, 1.807) is 0 Å². The number of benzene rings is 1. The molecule has 2 aliphatic rings. The van der Waals surface area contributed by atoms with Crippen LogP contribution in [0.5, 0.6) is 0 Å². The molecule has 3 rings (SSSR count). The first-order chi connectivity index (χ1) is 9.74. The Morgan fingerprint density at radius 1 is 1.30 bits per heavy atom. The van der Waals surface area contributed by atoms with Crippen molar-refractivity contribution in [1.29, 1.82) is 0 Å². The summed E-state index contributed by atoms with van der Waals surface area (Å²) in [4.78, 5) is 14.2. The SMILES string of the molecule is O=C(CNC1CCc2cc(Br)ccc21)N1CCCCC1. The minimum atomic E-state index is 0.260. The Balaban J connectivity index is 1.56. The van der Waals surface area contributed by atoms with Gasteiger partial charge in [0, 0.05) is 23.6 Å². The van der Waals surface area contributed by atoms with E-state index in [1.807, 2.05) is 4.90 Å². The molecule has 0 saturated carbocycles. The molecule has 1 aliphatic heterocycles. The molecule has 1 atom stereocenters. The topological polar surface area (TPSA) is 32.3 Å². The molecule has 0 radical (unpaired) electrons. The summed E-state index contributed by atoms with van der Waals surface area (Å²) >= 11 is 3.52. The molecular formula is C16H21BrN2O. The smallest absolute Gasteiger partial charge is 0.236 e. The van der Waals surface area contributed by atoms with Gasteiger partial charge in [0.05, 0.1) is 6.54 Å². The van der Waals surface area contributed by atoms with E-state index in [0.717, 1.165) is 43.2 Å². The fourth-order valence-electron chi connectivity index (χ4n) is 3.26. The van der Waals surface area contributed by atoms with Gasteiger partial charge < -0.3 is 10.2 Å². The average molecular weight is 337 g/mol. The number of amides is 1. The van der Waals surface area contributed by atoms with Gasteiger partial charge in [-0.1, -0.05) is 22.0 Å². The van der Waals surface area contributed by atoms with Gasteiger partial charge in [-0.05, 0) is 55.4 Å². The molecule has 1 saturated heterocycles. The molecule has 1 N–H and O–H groups in total. The molecule has 1 aromatic rings. The number of fused-ring (bicyclic) bond motifs is 1. The Morgan fingerprint density at radius 2 is 2.10 bits per heavy atom. The molecule has 1 fully saturated rings. The molecule has 4 heteroatoms. The number of carbonyl (C=O) groups is 1. The van der Waals surface area contributed by atoms with Crippen LogP contribution in [0.4, 0.5) is 0 Å². The Labute approximate surface area is 128 Å². The van der Waals surface area contributed by atoms with Crippen LogP contribution in [0, 0.1) is 0 Å². The lowest BCUT2D eigenvalue weighted by molar-refractivity contribution is -0.131. The van der Waals surface area contributed by atoms with Crippen LogP contribution in [0.2, 0.25) is 0 Å². The predicted molar refractivity (Wildman–Crippen MR) is 83.6 cm³/mol. The summed E-state index contributed by atoms with van der Waals surface area (Å²) in [5, 5.41) is 3.45. The zero-order valence-electron chi connectivity index (χ0n) is 11.7. The van der Waals surface area contributed by atoms with E-state index in [4.69, 9.17) is 0 Å². The van der Waals surface area contributed by atoms with Crippen molar-refractivity contribution in [2.75, 3.05) is 19.6 Å². The maximum Gasteiger partial charge on any atom is 0.236 e. The molecule has 1 heterocycles. The van der Waals surface area contributed by atoms with Gasteiger partial charge in [-0.2, -0.15) is 0 Å². The number of piperidine rings is 1. The number of nitrogens with one attached hydrogen (secondary N) is 1. The molecule has 108 valence electrons. The number of carbonyl (C=O) groups excluding carboxylic acids is 1. The minimum Gasteiger partial charge on any atom is -0.342 e. The maximum absolute atomic E-state index is 12.2. The van der Waals surface area contributed by atoms with Crippen molar-refractivity contribution in [3.8, 4) is 0 Å². The summed E-state index contributed by atoms with van der Waals surface area (Å²) in [5.74, 6) is 0.260. The molecule has 1 unspecified atom stereocenters. The van der Waals surface area contributed by atoms with Crippen LogP contribution in [-0.2, 0) is 11.2 Å². The highest BCUT2D eigenvalue weighted by Crippen LogP contribution is 2.32. The second kappa shape index (κ2) is 6.27. The summed E-state index contributed by atoms with van der Waals surface area (Å²) < 4.78 is 1.14. The average Bonchev–Trinajstić information content (AvgIpc) is 2.88. The Kier molecular flexibility index (Phi) is 4.41. The van der Waals surface area contributed by atoms with E-state index in [2.05, 4.69) is 39.4 Å². The van der Waals surface area contributed by atoms with Crippen molar-refractivity contribution in [2.24, 2.45) is 0 Å². The highest BCUT2D eigenvalue weighted by atomic mass is 79.9. The third-order valence-electron chi connectivity index (χ3n) is 4.39. The third-order valence-corrected chi connectivity index (χ3v) is 4.88. The van der Waals surface area contributed by atoms with Gasteiger partial charge in [-0.15, -0.1) is 0 Å². The van der Waals surface area contributed by atoms with Crippen molar-refractivity contribution in [3.05, 3.63) is 33.8 Å². The third kappa shape index (κ3) is 3.07. The van der Waals surface area contributed by atoms with Gasteiger partial charge in [0.2, 0.25) is 5.91 Å². The van der Waals surface area contributed by atoms with E-state index < -0.39 is 0 Å². The molecule has 1 amide bonds. The first-order valence-electron chi connectivity index (χ1n) is 7.53. The van der Waals surface area contributed by atoms with Gasteiger partial charge in [-0.25, -0.2) is 0 Å². The summed E-state index contributed by atoms with van der Waals surface area (Å²) in [6.45, 7) is 2.35. The van der Waals surface area contributed by atoms with Crippen LogP contribution in [0.15, 0.2) is 22.7 Å². The molecule has 0 spiro atoms. The number of hydrogen-bond donors (Lipinski definition) is 1. The van der Waals surface area contributed by atoms with Crippen LogP contribution >= 0.6 is 15.9 Å². The maximum atomic E-state index is 12.2. The first kappa shape index (κ1) is 14.1. The number of nitrogens with zero attached hydrogens (tertiary/aromatic N) is 1. The molecule has 20 heavy (non-hydrogen) atoms. The number of rotatable bonds is 3. The van der Waals surface area contributed by atoms with Crippen molar-refractivity contribution in [3.63, 3.8) is 0 Å². The summed E-state index contributed by atoms with van der Waals surface area (Å²) in [7, 11) is 0. The second-order valence-corrected chi connectivity index (χ2v) is 6.67. The highest BCUT2D eigenvalue weighted by Gasteiger charge is 2.24. The summed E-state index contributed by atoms with van der Waals surface area (Å²) in [5.41, 5.74) is 2.77. The lowest BCUT2D eigenvalue weighted by atomic mass is 10.1. The predicted octanol–water partition coefficient (Wildman–Crippen LogP) is 3.04. The van der Waals surface area contributed by atoms with Gasteiger partial charge in [0.15, 0.2) is 0 Å².